The Kier molecular flexibility index (Phi) is 5.83. The summed E-state index contributed by atoms with van der Waals surface area (Å²) < 4.78 is 20.2. The highest BCUT2D eigenvalue weighted by atomic mass is 19.1. The lowest BCUT2D eigenvalue weighted by Gasteiger charge is -2.18. The SMILES string of the molecule is COCCNCC(Cc1ncnn1C)c1cccc(F)c1. The summed E-state index contributed by atoms with van der Waals surface area (Å²) >= 11 is 0. The van der Waals surface area contributed by atoms with Gasteiger partial charge in [0.15, 0.2) is 0 Å². The van der Waals surface area contributed by atoms with Crippen LogP contribution in [0.4, 0.5) is 4.39 Å². The summed E-state index contributed by atoms with van der Waals surface area (Å²) in [5.74, 6) is 0.811. The highest BCUT2D eigenvalue weighted by Crippen LogP contribution is 2.20. The summed E-state index contributed by atoms with van der Waals surface area (Å²) in [6.45, 7) is 2.15. The van der Waals surface area contributed by atoms with Crippen LogP contribution in [0.15, 0.2) is 30.6 Å². The minimum atomic E-state index is -0.215. The topological polar surface area (TPSA) is 52.0 Å². The molecule has 21 heavy (non-hydrogen) atoms. The Morgan fingerprint density at radius 3 is 2.95 bits per heavy atom. The molecular formula is C15H21FN4O. The second kappa shape index (κ2) is 7.85. The van der Waals surface area contributed by atoms with E-state index in [0.717, 1.165) is 24.5 Å². The van der Waals surface area contributed by atoms with Gasteiger partial charge in [-0.05, 0) is 17.7 Å². The number of methoxy groups -OCH3 is 1. The smallest absolute Gasteiger partial charge is 0.138 e. The van der Waals surface area contributed by atoms with Crippen LogP contribution in [0.1, 0.15) is 17.3 Å². The van der Waals surface area contributed by atoms with Gasteiger partial charge in [0, 0.05) is 39.6 Å². The highest BCUT2D eigenvalue weighted by Gasteiger charge is 2.15. The van der Waals surface area contributed by atoms with Crippen molar-refractivity contribution in [3.63, 3.8) is 0 Å². The van der Waals surface area contributed by atoms with Gasteiger partial charge in [0.2, 0.25) is 0 Å². The van der Waals surface area contributed by atoms with Crippen molar-refractivity contribution in [2.24, 2.45) is 7.05 Å². The molecule has 0 aliphatic rings. The molecule has 0 spiro atoms. The Labute approximate surface area is 124 Å². The average Bonchev–Trinajstić information content (AvgIpc) is 2.87. The normalized spacial score (nSPS) is 12.5. The highest BCUT2D eigenvalue weighted by molar-refractivity contribution is 5.22. The zero-order valence-corrected chi connectivity index (χ0v) is 12.4. The minimum Gasteiger partial charge on any atom is -0.383 e. The van der Waals surface area contributed by atoms with Gasteiger partial charge < -0.3 is 10.1 Å². The van der Waals surface area contributed by atoms with Crippen LogP contribution in [0.25, 0.3) is 0 Å². The van der Waals surface area contributed by atoms with Gasteiger partial charge in [0.25, 0.3) is 0 Å². The third kappa shape index (κ3) is 4.61. The maximum Gasteiger partial charge on any atom is 0.138 e. The van der Waals surface area contributed by atoms with E-state index in [1.54, 1.807) is 23.9 Å². The molecule has 1 heterocycles. The van der Waals surface area contributed by atoms with Crippen molar-refractivity contribution in [3.05, 3.63) is 47.8 Å². The first-order chi connectivity index (χ1) is 10.2. The summed E-state index contributed by atoms with van der Waals surface area (Å²) in [7, 11) is 3.54. The first-order valence-electron chi connectivity index (χ1n) is 6.98. The molecule has 0 saturated carbocycles. The number of nitrogens with one attached hydrogen (secondary N) is 1. The van der Waals surface area contributed by atoms with Crippen LogP contribution in [0, 0.1) is 5.82 Å². The molecule has 0 saturated heterocycles. The number of rotatable bonds is 8. The molecule has 0 aliphatic carbocycles. The van der Waals surface area contributed by atoms with E-state index in [2.05, 4.69) is 15.4 Å². The fraction of sp³-hybridized carbons (Fsp3) is 0.467. The van der Waals surface area contributed by atoms with Gasteiger partial charge >= 0.3 is 0 Å². The van der Waals surface area contributed by atoms with Crippen LogP contribution in [-0.4, -0.2) is 41.6 Å². The van der Waals surface area contributed by atoms with Crippen molar-refractivity contribution in [2.75, 3.05) is 26.8 Å². The minimum absolute atomic E-state index is 0.139. The number of nitrogens with zero attached hydrogens (tertiary/aromatic N) is 3. The number of aromatic nitrogens is 3. The summed E-state index contributed by atoms with van der Waals surface area (Å²) in [5, 5.41) is 7.41. The Bertz CT molecular complexity index is 558. The summed E-state index contributed by atoms with van der Waals surface area (Å²) in [4.78, 5) is 4.25. The van der Waals surface area contributed by atoms with Gasteiger partial charge in [-0.15, -0.1) is 0 Å². The predicted octanol–water partition coefficient (Wildman–Crippen LogP) is 1.52. The molecule has 2 rings (SSSR count). The van der Waals surface area contributed by atoms with Crippen LogP contribution >= 0.6 is 0 Å². The van der Waals surface area contributed by atoms with Crippen LogP contribution in [0.2, 0.25) is 0 Å². The van der Waals surface area contributed by atoms with E-state index in [1.807, 2.05) is 13.1 Å². The number of hydrogen-bond donors (Lipinski definition) is 1. The van der Waals surface area contributed by atoms with Crippen molar-refractivity contribution >= 4 is 0 Å². The van der Waals surface area contributed by atoms with E-state index in [4.69, 9.17) is 4.74 Å². The van der Waals surface area contributed by atoms with E-state index in [-0.39, 0.29) is 11.7 Å². The number of aryl methyl sites for hydroxylation is 1. The maximum absolute atomic E-state index is 13.5. The Hall–Kier alpha value is -1.79. The van der Waals surface area contributed by atoms with Gasteiger partial charge in [-0.25, -0.2) is 9.37 Å². The molecule has 6 heteroatoms. The lowest BCUT2D eigenvalue weighted by Crippen LogP contribution is -2.27. The van der Waals surface area contributed by atoms with Gasteiger partial charge in [-0.3, -0.25) is 4.68 Å². The number of hydrogen-bond acceptors (Lipinski definition) is 4. The fourth-order valence-corrected chi connectivity index (χ4v) is 2.24. The third-order valence-electron chi connectivity index (χ3n) is 3.43. The summed E-state index contributed by atoms with van der Waals surface area (Å²) in [5.41, 5.74) is 0.961. The van der Waals surface area contributed by atoms with Crippen molar-refractivity contribution < 1.29 is 9.13 Å². The van der Waals surface area contributed by atoms with E-state index < -0.39 is 0 Å². The monoisotopic (exact) mass is 292 g/mol. The molecule has 1 aromatic carbocycles. The van der Waals surface area contributed by atoms with Crippen LogP contribution in [0.3, 0.4) is 0 Å². The van der Waals surface area contributed by atoms with Crippen molar-refractivity contribution in [1.29, 1.82) is 0 Å². The molecule has 0 aliphatic heterocycles. The average molecular weight is 292 g/mol. The zero-order valence-electron chi connectivity index (χ0n) is 12.4. The molecule has 0 radical (unpaired) electrons. The van der Waals surface area contributed by atoms with Crippen molar-refractivity contribution in [1.82, 2.24) is 20.1 Å². The molecule has 1 aromatic heterocycles. The van der Waals surface area contributed by atoms with Gasteiger partial charge in [-0.2, -0.15) is 5.10 Å². The van der Waals surface area contributed by atoms with Gasteiger partial charge in [0.1, 0.15) is 18.0 Å². The Balaban J connectivity index is 2.08. The van der Waals surface area contributed by atoms with E-state index in [1.165, 1.54) is 12.4 Å². The molecule has 0 bridgehead atoms. The Morgan fingerprint density at radius 2 is 2.29 bits per heavy atom. The summed E-state index contributed by atoms with van der Waals surface area (Å²) in [6.07, 6.45) is 2.25. The van der Waals surface area contributed by atoms with Crippen molar-refractivity contribution in [3.8, 4) is 0 Å². The van der Waals surface area contributed by atoms with Gasteiger partial charge in [0.05, 0.1) is 6.61 Å². The maximum atomic E-state index is 13.5. The van der Waals surface area contributed by atoms with Crippen LogP contribution in [-0.2, 0) is 18.2 Å². The number of ether oxygens (including phenoxy) is 1. The lowest BCUT2D eigenvalue weighted by atomic mass is 9.95. The summed E-state index contributed by atoms with van der Waals surface area (Å²) in [6, 6.07) is 6.73. The molecule has 0 amide bonds. The van der Waals surface area contributed by atoms with Gasteiger partial charge in [-0.1, -0.05) is 12.1 Å². The van der Waals surface area contributed by atoms with E-state index in [0.29, 0.717) is 13.0 Å². The molecule has 1 atom stereocenters. The number of benzene rings is 1. The standard InChI is InChI=1S/C15H21FN4O/c1-20-15(18-11-19-20)9-13(10-17-6-7-21-2)12-4-3-5-14(16)8-12/h3-5,8,11,13,17H,6-7,9-10H2,1-2H3. The first-order valence-corrected chi connectivity index (χ1v) is 6.98. The molecule has 2 aromatic rings. The molecule has 1 N–H and O–H groups in total. The molecular weight excluding hydrogens is 271 g/mol. The zero-order chi connectivity index (χ0) is 15.1. The first kappa shape index (κ1) is 15.6. The second-order valence-electron chi connectivity index (χ2n) is 4.95. The lowest BCUT2D eigenvalue weighted by molar-refractivity contribution is 0.199. The van der Waals surface area contributed by atoms with E-state index in [9.17, 15) is 4.39 Å². The third-order valence-corrected chi connectivity index (χ3v) is 3.43. The number of halogens is 1. The predicted molar refractivity (Wildman–Crippen MR) is 78.6 cm³/mol. The fourth-order valence-electron chi connectivity index (χ4n) is 2.24. The second-order valence-corrected chi connectivity index (χ2v) is 4.95. The van der Waals surface area contributed by atoms with Crippen LogP contribution < -0.4 is 5.32 Å². The van der Waals surface area contributed by atoms with E-state index >= 15 is 0 Å². The quantitative estimate of drug-likeness (QED) is 0.750. The Morgan fingerprint density at radius 1 is 1.43 bits per heavy atom. The molecule has 5 nitrogen and oxygen atoms in total. The molecule has 1 unspecified atom stereocenters. The largest absolute Gasteiger partial charge is 0.383 e. The van der Waals surface area contributed by atoms with Crippen LogP contribution in [0.5, 0.6) is 0 Å². The molecule has 0 fully saturated rings. The molecule has 114 valence electrons. The van der Waals surface area contributed by atoms with Crippen molar-refractivity contribution in [2.45, 2.75) is 12.3 Å².